The van der Waals surface area contributed by atoms with E-state index in [1.54, 1.807) is 47.8 Å². The average Bonchev–Trinajstić information content (AvgIpc) is 3.00. The van der Waals surface area contributed by atoms with Gasteiger partial charge in [-0.1, -0.05) is 47.8 Å². The highest BCUT2D eigenvalue weighted by molar-refractivity contribution is 7.99. The molecule has 43 heavy (non-hydrogen) atoms. The molecule has 4 aromatic rings. The predicted octanol–water partition coefficient (Wildman–Crippen LogP) is 8.42. The fraction of sp³-hybridized carbons (Fsp3) is 0.286. The van der Waals surface area contributed by atoms with Gasteiger partial charge in [-0.15, -0.1) is 0 Å². The molecule has 0 aromatic heterocycles. The van der Waals surface area contributed by atoms with Crippen LogP contribution in [0.4, 0.5) is 13.6 Å². The lowest BCUT2D eigenvalue weighted by Crippen LogP contribution is -2.33. The lowest BCUT2D eigenvalue weighted by atomic mass is 9.83. The number of benzene rings is 4. The minimum Gasteiger partial charge on any atom is -0.352 e. The molecule has 0 spiro atoms. The van der Waals surface area contributed by atoms with Gasteiger partial charge in [-0.25, -0.2) is 13.6 Å². The van der Waals surface area contributed by atoms with Gasteiger partial charge in [-0.05, 0) is 134 Å². The number of fused-ring (bicyclic) bond motifs is 2. The van der Waals surface area contributed by atoms with Crippen LogP contribution in [0.2, 0.25) is 0 Å². The number of halogens is 2. The van der Waals surface area contributed by atoms with Crippen molar-refractivity contribution in [3.63, 3.8) is 0 Å². The molecule has 0 heterocycles. The van der Waals surface area contributed by atoms with E-state index in [0.29, 0.717) is 18.4 Å². The summed E-state index contributed by atoms with van der Waals surface area (Å²) >= 11 is 3.18. The Bertz CT molecular complexity index is 1560. The molecule has 6 rings (SSSR count). The zero-order valence-electron chi connectivity index (χ0n) is 24.0. The first kappa shape index (κ1) is 31.1. The van der Waals surface area contributed by atoms with Crippen LogP contribution in [0, 0.1) is 11.6 Å². The van der Waals surface area contributed by atoms with Gasteiger partial charge in [0, 0.05) is 32.0 Å². The Balaban J connectivity index is 0.000000173. The number of rotatable bonds is 7. The van der Waals surface area contributed by atoms with E-state index < -0.39 is 6.03 Å². The van der Waals surface area contributed by atoms with Gasteiger partial charge in [0.15, 0.2) is 0 Å². The van der Waals surface area contributed by atoms with Gasteiger partial charge in [0.05, 0.1) is 0 Å². The number of primary amides is 1. The standard InChI is InChI=1S/C18H19FN2OS.C17H18FNS/c19-14-5-2-6-15(10-14)23-16-7-8-17-12(9-16)3-1-4-13(17)11-21-18(20)22;18-14-5-2-6-15(10-14)20-16-7-8-17-12(9-16)3-1-4-13(17)11-19/h2,5-10,13H,1,3-4,11H2,(H3,20,21,22);2,5-10,13H,1,3-4,11,19H2/t2*13-/m00/s1. The Labute approximate surface area is 261 Å². The number of amides is 2. The van der Waals surface area contributed by atoms with Crippen LogP contribution in [0.5, 0.6) is 0 Å². The summed E-state index contributed by atoms with van der Waals surface area (Å²) in [7, 11) is 0. The molecule has 224 valence electrons. The molecule has 2 aliphatic rings. The molecule has 0 saturated carbocycles. The fourth-order valence-electron chi connectivity index (χ4n) is 5.92. The molecule has 2 aliphatic carbocycles. The summed E-state index contributed by atoms with van der Waals surface area (Å²) in [5.74, 6) is 0.424. The number of urea groups is 1. The molecule has 0 bridgehead atoms. The number of nitrogens with two attached hydrogens (primary N) is 2. The highest BCUT2D eigenvalue weighted by Gasteiger charge is 2.21. The number of carbonyl (C=O) groups is 1. The summed E-state index contributed by atoms with van der Waals surface area (Å²) in [6.07, 6.45) is 6.74. The molecule has 4 aromatic carbocycles. The SMILES string of the molecule is NC(=O)NC[C@@H]1CCCc2cc(Sc3cccc(F)c3)ccc21.NC[C@@H]1CCCc2cc(Sc3cccc(F)c3)ccc21. The van der Waals surface area contributed by atoms with E-state index in [2.05, 4.69) is 41.7 Å². The smallest absolute Gasteiger partial charge is 0.312 e. The maximum Gasteiger partial charge on any atom is 0.312 e. The first-order valence-electron chi connectivity index (χ1n) is 14.7. The van der Waals surface area contributed by atoms with Crippen molar-refractivity contribution in [1.29, 1.82) is 0 Å². The van der Waals surface area contributed by atoms with Crippen molar-refractivity contribution in [3.8, 4) is 0 Å². The van der Waals surface area contributed by atoms with Crippen LogP contribution in [0.15, 0.2) is 105 Å². The molecule has 0 saturated heterocycles. The predicted molar refractivity (Wildman–Crippen MR) is 172 cm³/mol. The Morgan fingerprint density at radius 2 is 1.21 bits per heavy atom. The molecule has 2 amide bonds. The van der Waals surface area contributed by atoms with Crippen LogP contribution in [0.25, 0.3) is 0 Å². The van der Waals surface area contributed by atoms with Crippen molar-refractivity contribution >= 4 is 29.6 Å². The normalized spacial score (nSPS) is 17.2. The van der Waals surface area contributed by atoms with Gasteiger partial charge in [0.25, 0.3) is 0 Å². The van der Waals surface area contributed by atoms with Gasteiger partial charge in [0.1, 0.15) is 11.6 Å². The first-order chi connectivity index (χ1) is 20.9. The van der Waals surface area contributed by atoms with Crippen molar-refractivity contribution in [3.05, 3.63) is 119 Å². The minimum atomic E-state index is -0.476. The second-order valence-electron chi connectivity index (χ2n) is 11.0. The van der Waals surface area contributed by atoms with E-state index in [4.69, 9.17) is 11.5 Å². The largest absolute Gasteiger partial charge is 0.352 e. The van der Waals surface area contributed by atoms with Gasteiger partial charge in [-0.3, -0.25) is 0 Å². The average molecular weight is 618 g/mol. The first-order valence-corrected chi connectivity index (χ1v) is 16.4. The maximum atomic E-state index is 13.3. The third-order valence-corrected chi connectivity index (χ3v) is 9.94. The molecular weight excluding hydrogens is 581 g/mol. The Morgan fingerprint density at radius 3 is 1.70 bits per heavy atom. The van der Waals surface area contributed by atoms with Crippen LogP contribution in [0.1, 0.15) is 59.8 Å². The Morgan fingerprint density at radius 1 is 0.721 bits per heavy atom. The van der Waals surface area contributed by atoms with Crippen LogP contribution < -0.4 is 16.8 Å². The third-order valence-electron chi connectivity index (χ3n) is 7.98. The lowest BCUT2D eigenvalue weighted by molar-refractivity contribution is 0.248. The van der Waals surface area contributed by atoms with E-state index >= 15 is 0 Å². The highest BCUT2D eigenvalue weighted by Crippen LogP contribution is 2.37. The molecule has 2 atom stereocenters. The highest BCUT2D eigenvalue weighted by atomic mass is 32.2. The van der Waals surface area contributed by atoms with E-state index in [9.17, 15) is 13.6 Å². The van der Waals surface area contributed by atoms with Crippen molar-refractivity contribution < 1.29 is 13.6 Å². The molecule has 0 aliphatic heterocycles. The molecule has 0 radical (unpaired) electrons. The number of hydrogen-bond acceptors (Lipinski definition) is 4. The Hall–Kier alpha value is -3.33. The van der Waals surface area contributed by atoms with Gasteiger partial charge >= 0.3 is 6.03 Å². The monoisotopic (exact) mass is 617 g/mol. The van der Waals surface area contributed by atoms with Crippen molar-refractivity contribution in [2.75, 3.05) is 13.1 Å². The van der Waals surface area contributed by atoms with Crippen molar-refractivity contribution in [2.24, 2.45) is 11.5 Å². The number of aryl methyl sites for hydroxylation is 2. The second-order valence-corrected chi connectivity index (χ2v) is 13.3. The molecule has 8 heteroatoms. The molecule has 4 nitrogen and oxygen atoms in total. The second kappa shape index (κ2) is 14.9. The van der Waals surface area contributed by atoms with E-state index in [1.165, 1.54) is 52.1 Å². The van der Waals surface area contributed by atoms with Crippen molar-refractivity contribution in [2.45, 2.75) is 69.9 Å². The number of carbonyl (C=O) groups excluding carboxylic acids is 1. The van der Waals surface area contributed by atoms with E-state index in [0.717, 1.165) is 46.9 Å². The summed E-state index contributed by atoms with van der Waals surface area (Å²) in [6, 6.07) is 25.8. The summed E-state index contributed by atoms with van der Waals surface area (Å²) in [5.41, 5.74) is 16.4. The number of nitrogens with one attached hydrogen (secondary N) is 1. The topological polar surface area (TPSA) is 81.1 Å². The zero-order chi connectivity index (χ0) is 30.2. The minimum absolute atomic E-state index is 0.184. The molecule has 5 N–H and O–H groups in total. The maximum absolute atomic E-state index is 13.3. The fourth-order valence-corrected chi connectivity index (χ4v) is 7.78. The third kappa shape index (κ3) is 8.62. The van der Waals surface area contributed by atoms with Crippen LogP contribution in [0.3, 0.4) is 0 Å². The van der Waals surface area contributed by atoms with Gasteiger partial charge in [-0.2, -0.15) is 0 Å². The Kier molecular flexibility index (Phi) is 10.8. The van der Waals surface area contributed by atoms with E-state index in [1.807, 2.05) is 12.1 Å². The van der Waals surface area contributed by atoms with Gasteiger partial charge in [0.2, 0.25) is 0 Å². The lowest BCUT2D eigenvalue weighted by Gasteiger charge is -2.26. The van der Waals surface area contributed by atoms with E-state index in [-0.39, 0.29) is 11.6 Å². The van der Waals surface area contributed by atoms with Crippen molar-refractivity contribution in [1.82, 2.24) is 5.32 Å². The summed E-state index contributed by atoms with van der Waals surface area (Å²) < 4.78 is 26.5. The zero-order valence-corrected chi connectivity index (χ0v) is 25.7. The molecule has 0 fully saturated rings. The summed E-state index contributed by atoms with van der Waals surface area (Å²) in [6.45, 7) is 1.31. The molecule has 0 unspecified atom stereocenters. The quantitative estimate of drug-likeness (QED) is 0.195. The van der Waals surface area contributed by atoms with Crippen LogP contribution >= 0.6 is 23.5 Å². The summed E-state index contributed by atoms with van der Waals surface area (Å²) in [5, 5.41) is 2.71. The van der Waals surface area contributed by atoms with Gasteiger partial charge < -0.3 is 16.8 Å². The van der Waals surface area contributed by atoms with Crippen LogP contribution in [-0.2, 0) is 12.8 Å². The number of hydrogen-bond donors (Lipinski definition) is 3. The molecular formula is C35H37F2N3OS2. The summed E-state index contributed by atoms with van der Waals surface area (Å²) in [4.78, 5) is 15.0. The van der Waals surface area contributed by atoms with Crippen LogP contribution in [-0.4, -0.2) is 19.1 Å².